The third-order valence-corrected chi connectivity index (χ3v) is 2.16. The van der Waals surface area contributed by atoms with Crippen LogP contribution in [-0.2, 0) is 9.53 Å². The van der Waals surface area contributed by atoms with Crippen LogP contribution in [0, 0.1) is 0 Å². The van der Waals surface area contributed by atoms with Gasteiger partial charge in [0.05, 0.1) is 6.61 Å². The molecule has 1 fully saturated rings. The highest BCUT2D eigenvalue weighted by Gasteiger charge is 2.45. The minimum atomic E-state index is -0.894. The molecule has 0 unspecified atom stereocenters. The number of carbonyl (C=O) groups is 1. The molecule has 0 saturated heterocycles. The predicted molar refractivity (Wildman–Crippen MR) is 40.9 cm³/mol. The molecule has 4 heteroatoms. The Morgan fingerprint density at radius 3 is 2.55 bits per heavy atom. The van der Waals surface area contributed by atoms with Crippen LogP contribution in [0.25, 0.3) is 0 Å². The van der Waals surface area contributed by atoms with Crippen molar-refractivity contribution in [3.63, 3.8) is 0 Å². The van der Waals surface area contributed by atoms with Gasteiger partial charge in [-0.2, -0.15) is 0 Å². The smallest absolute Gasteiger partial charge is 0.335 e. The van der Waals surface area contributed by atoms with E-state index >= 15 is 0 Å². The normalized spacial score (nSPS) is 20.8. The summed E-state index contributed by atoms with van der Waals surface area (Å²) in [6, 6.07) is 0. The van der Waals surface area contributed by atoms with Gasteiger partial charge in [0.25, 0.3) is 0 Å². The first-order valence-electron chi connectivity index (χ1n) is 3.64. The molecule has 0 heterocycles. The Bertz CT molecular complexity index is 154. The number of aliphatic carboxylic acids is 1. The highest BCUT2D eigenvalue weighted by molar-refractivity contribution is 6.18. The van der Waals surface area contributed by atoms with E-state index in [9.17, 15) is 4.79 Å². The maximum absolute atomic E-state index is 10.6. The standard InChI is InChI=1S/C7H11ClO3/c8-4-5-11-7(6(9)10)2-1-3-7/h1-5H2,(H,9,10). The second-order valence-corrected chi connectivity index (χ2v) is 3.07. The molecule has 0 aromatic carbocycles. The molecule has 0 spiro atoms. The van der Waals surface area contributed by atoms with Crippen LogP contribution < -0.4 is 0 Å². The van der Waals surface area contributed by atoms with Crippen molar-refractivity contribution in [1.29, 1.82) is 0 Å². The molecule has 11 heavy (non-hydrogen) atoms. The van der Waals surface area contributed by atoms with E-state index in [2.05, 4.69) is 0 Å². The summed E-state index contributed by atoms with van der Waals surface area (Å²) in [5.74, 6) is -0.497. The van der Waals surface area contributed by atoms with Crippen molar-refractivity contribution in [1.82, 2.24) is 0 Å². The first-order valence-corrected chi connectivity index (χ1v) is 4.18. The first kappa shape index (κ1) is 8.81. The number of hydrogen-bond acceptors (Lipinski definition) is 2. The molecule has 0 aliphatic heterocycles. The molecule has 1 N–H and O–H groups in total. The van der Waals surface area contributed by atoms with Crippen LogP contribution in [0.15, 0.2) is 0 Å². The monoisotopic (exact) mass is 178 g/mol. The van der Waals surface area contributed by atoms with Crippen LogP contribution in [0.3, 0.4) is 0 Å². The molecule has 0 aromatic heterocycles. The molecule has 1 aliphatic rings. The third kappa shape index (κ3) is 1.65. The van der Waals surface area contributed by atoms with Crippen molar-refractivity contribution >= 4 is 17.6 Å². The molecule has 1 aliphatic carbocycles. The minimum absolute atomic E-state index is 0.327. The van der Waals surface area contributed by atoms with Crippen LogP contribution in [0.2, 0.25) is 0 Å². The van der Waals surface area contributed by atoms with Crippen molar-refractivity contribution < 1.29 is 14.6 Å². The number of alkyl halides is 1. The summed E-state index contributed by atoms with van der Waals surface area (Å²) in [5.41, 5.74) is -0.894. The van der Waals surface area contributed by atoms with Gasteiger partial charge in [-0.1, -0.05) is 0 Å². The molecular weight excluding hydrogens is 168 g/mol. The van der Waals surface area contributed by atoms with Crippen LogP contribution in [0.4, 0.5) is 0 Å². The quantitative estimate of drug-likeness (QED) is 0.660. The molecule has 64 valence electrons. The zero-order valence-corrected chi connectivity index (χ0v) is 6.93. The van der Waals surface area contributed by atoms with Gasteiger partial charge in [0.1, 0.15) is 0 Å². The second kappa shape index (κ2) is 3.41. The Hall–Kier alpha value is -0.280. The number of carboxylic acids is 1. The third-order valence-electron chi connectivity index (χ3n) is 2.01. The van der Waals surface area contributed by atoms with Gasteiger partial charge in [-0.05, 0) is 19.3 Å². The Morgan fingerprint density at radius 2 is 2.27 bits per heavy atom. The lowest BCUT2D eigenvalue weighted by molar-refractivity contribution is -0.177. The van der Waals surface area contributed by atoms with E-state index in [0.29, 0.717) is 25.3 Å². The van der Waals surface area contributed by atoms with E-state index in [4.69, 9.17) is 21.4 Å². The highest BCUT2D eigenvalue weighted by atomic mass is 35.5. The summed E-state index contributed by atoms with van der Waals surface area (Å²) in [7, 11) is 0. The Kier molecular flexibility index (Phi) is 2.73. The predicted octanol–water partition coefficient (Wildman–Crippen LogP) is 1.25. The van der Waals surface area contributed by atoms with Crippen LogP contribution >= 0.6 is 11.6 Å². The molecule has 0 atom stereocenters. The summed E-state index contributed by atoms with van der Waals surface area (Å²) in [6.45, 7) is 0.327. The largest absolute Gasteiger partial charge is 0.479 e. The first-order chi connectivity index (χ1) is 5.21. The fraction of sp³-hybridized carbons (Fsp3) is 0.857. The summed E-state index contributed by atoms with van der Waals surface area (Å²) in [4.78, 5) is 10.6. The molecule has 0 radical (unpaired) electrons. The topological polar surface area (TPSA) is 46.5 Å². The van der Waals surface area contributed by atoms with Gasteiger partial charge in [0.15, 0.2) is 5.60 Å². The lowest BCUT2D eigenvalue weighted by atomic mass is 9.80. The van der Waals surface area contributed by atoms with E-state index in [1.54, 1.807) is 0 Å². The van der Waals surface area contributed by atoms with Crippen LogP contribution in [-0.4, -0.2) is 29.2 Å². The van der Waals surface area contributed by atoms with Crippen molar-refractivity contribution in [2.45, 2.75) is 24.9 Å². The fourth-order valence-electron chi connectivity index (χ4n) is 1.15. The summed E-state index contributed by atoms with van der Waals surface area (Å²) in [5, 5.41) is 8.74. The summed E-state index contributed by atoms with van der Waals surface area (Å²) in [6.07, 6.45) is 2.19. The second-order valence-electron chi connectivity index (χ2n) is 2.69. The van der Waals surface area contributed by atoms with E-state index in [1.807, 2.05) is 0 Å². The summed E-state index contributed by atoms with van der Waals surface area (Å²) < 4.78 is 5.14. The zero-order valence-electron chi connectivity index (χ0n) is 6.18. The lowest BCUT2D eigenvalue weighted by Crippen LogP contribution is -2.48. The van der Waals surface area contributed by atoms with Crippen LogP contribution in [0.1, 0.15) is 19.3 Å². The maximum Gasteiger partial charge on any atom is 0.335 e. The summed E-state index contributed by atoms with van der Waals surface area (Å²) >= 11 is 5.38. The number of hydrogen-bond donors (Lipinski definition) is 1. The molecule has 3 nitrogen and oxygen atoms in total. The molecule has 1 rings (SSSR count). The molecule has 0 aromatic rings. The van der Waals surface area contributed by atoms with Crippen molar-refractivity contribution in [2.75, 3.05) is 12.5 Å². The van der Waals surface area contributed by atoms with E-state index in [0.717, 1.165) is 6.42 Å². The number of halogens is 1. The maximum atomic E-state index is 10.6. The number of rotatable bonds is 4. The van der Waals surface area contributed by atoms with Gasteiger partial charge in [0.2, 0.25) is 0 Å². The minimum Gasteiger partial charge on any atom is -0.479 e. The molecule has 1 saturated carbocycles. The van der Waals surface area contributed by atoms with Gasteiger partial charge in [0, 0.05) is 5.88 Å². The zero-order chi connectivity index (χ0) is 8.32. The van der Waals surface area contributed by atoms with Gasteiger partial charge < -0.3 is 9.84 Å². The molecular formula is C7H11ClO3. The van der Waals surface area contributed by atoms with Crippen molar-refractivity contribution in [3.05, 3.63) is 0 Å². The van der Waals surface area contributed by atoms with Gasteiger partial charge in [-0.15, -0.1) is 11.6 Å². The van der Waals surface area contributed by atoms with E-state index in [1.165, 1.54) is 0 Å². The fourth-order valence-corrected chi connectivity index (χ4v) is 1.23. The van der Waals surface area contributed by atoms with Crippen molar-refractivity contribution in [2.24, 2.45) is 0 Å². The molecule has 0 amide bonds. The van der Waals surface area contributed by atoms with Crippen molar-refractivity contribution in [3.8, 4) is 0 Å². The van der Waals surface area contributed by atoms with Gasteiger partial charge >= 0.3 is 5.97 Å². The Morgan fingerprint density at radius 1 is 1.64 bits per heavy atom. The lowest BCUT2D eigenvalue weighted by Gasteiger charge is -2.37. The molecule has 0 bridgehead atoms. The SMILES string of the molecule is O=C(O)C1(OCCCl)CCC1. The van der Waals surface area contributed by atoms with Crippen LogP contribution in [0.5, 0.6) is 0 Å². The Labute approximate surface area is 70.3 Å². The average Bonchev–Trinajstić information content (AvgIpc) is 1.85. The van der Waals surface area contributed by atoms with E-state index in [-0.39, 0.29) is 0 Å². The van der Waals surface area contributed by atoms with Gasteiger partial charge in [-0.3, -0.25) is 0 Å². The van der Waals surface area contributed by atoms with E-state index < -0.39 is 11.6 Å². The average molecular weight is 179 g/mol. The Balaban J connectivity index is 2.40. The number of carboxylic acid groups (broad SMARTS) is 1. The number of ether oxygens (including phenoxy) is 1. The van der Waals surface area contributed by atoms with Gasteiger partial charge in [-0.25, -0.2) is 4.79 Å². The highest BCUT2D eigenvalue weighted by Crippen LogP contribution is 2.35.